The van der Waals surface area contributed by atoms with Crippen molar-refractivity contribution in [2.45, 2.75) is 58.3 Å². The lowest BCUT2D eigenvalue weighted by atomic mass is 10.1. The van der Waals surface area contributed by atoms with E-state index < -0.39 is 0 Å². The first-order valence-corrected chi connectivity index (χ1v) is 6.75. The Morgan fingerprint density at radius 3 is 2.56 bits per heavy atom. The molecule has 1 fully saturated rings. The molecule has 1 rings (SSSR count). The molecule has 1 aliphatic rings. The summed E-state index contributed by atoms with van der Waals surface area (Å²) in [5, 5.41) is 3.19. The molecule has 0 radical (unpaired) electrons. The summed E-state index contributed by atoms with van der Waals surface area (Å²) in [4.78, 5) is 2.53. The Labute approximate surface area is 101 Å². The molecule has 1 saturated heterocycles. The lowest BCUT2D eigenvalue weighted by molar-refractivity contribution is 0.0174. The van der Waals surface area contributed by atoms with Crippen molar-refractivity contribution in [2.24, 2.45) is 0 Å². The Morgan fingerprint density at radius 2 is 2.00 bits per heavy atom. The normalized spacial score (nSPS) is 27.6. The highest BCUT2D eigenvalue weighted by Crippen LogP contribution is 2.21. The van der Waals surface area contributed by atoms with Crippen molar-refractivity contribution >= 4 is 0 Å². The summed E-state index contributed by atoms with van der Waals surface area (Å²) in [5.74, 6) is 0. The molecule has 0 spiro atoms. The Balaban J connectivity index is 2.31. The van der Waals surface area contributed by atoms with Crippen LogP contribution >= 0.6 is 0 Å². The Bertz CT molecular complexity index is 187. The predicted molar refractivity (Wildman–Crippen MR) is 68.8 cm³/mol. The minimum Gasteiger partial charge on any atom is -0.372 e. The fourth-order valence-corrected chi connectivity index (χ4v) is 2.43. The number of nitrogens with one attached hydrogen (secondary N) is 1. The summed E-state index contributed by atoms with van der Waals surface area (Å²) >= 11 is 0. The molecule has 0 aromatic rings. The van der Waals surface area contributed by atoms with Gasteiger partial charge in [-0.2, -0.15) is 0 Å². The van der Waals surface area contributed by atoms with Crippen molar-refractivity contribution in [3.63, 3.8) is 0 Å². The lowest BCUT2D eigenvalue weighted by Gasteiger charge is -2.29. The monoisotopic (exact) mass is 228 g/mol. The maximum atomic E-state index is 6.02. The molecule has 3 heteroatoms. The van der Waals surface area contributed by atoms with Crippen LogP contribution in [0.15, 0.2) is 0 Å². The van der Waals surface area contributed by atoms with E-state index in [0.29, 0.717) is 18.2 Å². The van der Waals surface area contributed by atoms with Gasteiger partial charge in [0.05, 0.1) is 12.2 Å². The minimum absolute atomic E-state index is 0.436. The SMILES string of the molecule is CCC(C)N(CC)CC1CCC(CNC)O1. The van der Waals surface area contributed by atoms with Crippen molar-refractivity contribution < 1.29 is 4.74 Å². The number of rotatable bonds is 7. The predicted octanol–water partition coefficient (Wildman–Crippen LogP) is 1.87. The lowest BCUT2D eigenvalue weighted by Crippen LogP contribution is -2.39. The van der Waals surface area contributed by atoms with Crippen LogP contribution in [0, 0.1) is 0 Å². The second kappa shape index (κ2) is 7.25. The summed E-state index contributed by atoms with van der Waals surface area (Å²) < 4.78 is 6.02. The van der Waals surface area contributed by atoms with Gasteiger partial charge in [0.25, 0.3) is 0 Å². The Hall–Kier alpha value is -0.120. The van der Waals surface area contributed by atoms with Crippen molar-refractivity contribution in [1.29, 1.82) is 0 Å². The van der Waals surface area contributed by atoms with E-state index in [2.05, 4.69) is 31.0 Å². The largest absolute Gasteiger partial charge is 0.372 e. The van der Waals surface area contributed by atoms with Crippen LogP contribution in [0.2, 0.25) is 0 Å². The molecule has 3 unspecified atom stereocenters. The van der Waals surface area contributed by atoms with Crippen LogP contribution in [0.3, 0.4) is 0 Å². The van der Waals surface area contributed by atoms with Gasteiger partial charge >= 0.3 is 0 Å². The second-order valence-corrected chi connectivity index (χ2v) is 4.86. The first kappa shape index (κ1) is 13.9. The van der Waals surface area contributed by atoms with Gasteiger partial charge in [0, 0.05) is 19.1 Å². The zero-order valence-corrected chi connectivity index (χ0v) is 11.3. The van der Waals surface area contributed by atoms with E-state index in [1.807, 2.05) is 7.05 Å². The minimum atomic E-state index is 0.436. The van der Waals surface area contributed by atoms with Gasteiger partial charge in [0.15, 0.2) is 0 Å². The quantitative estimate of drug-likeness (QED) is 0.720. The first-order chi connectivity index (χ1) is 7.71. The third-order valence-electron chi connectivity index (χ3n) is 3.69. The van der Waals surface area contributed by atoms with Gasteiger partial charge in [-0.15, -0.1) is 0 Å². The number of hydrogen-bond donors (Lipinski definition) is 1. The van der Waals surface area contributed by atoms with Gasteiger partial charge in [-0.1, -0.05) is 13.8 Å². The highest BCUT2D eigenvalue weighted by atomic mass is 16.5. The Morgan fingerprint density at radius 1 is 1.31 bits per heavy atom. The van der Waals surface area contributed by atoms with E-state index in [-0.39, 0.29) is 0 Å². The Kier molecular flexibility index (Phi) is 6.32. The molecule has 3 nitrogen and oxygen atoms in total. The summed E-state index contributed by atoms with van der Waals surface area (Å²) in [5.41, 5.74) is 0. The molecular weight excluding hydrogens is 200 g/mol. The van der Waals surface area contributed by atoms with Crippen LogP contribution in [0.25, 0.3) is 0 Å². The molecule has 1 N–H and O–H groups in total. The molecule has 16 heavy (non-hydrogen) atoms. The summed E-state index contributed by atoms with van der Waals surface area (Å²) in [7, 11) is 1.99. The topological polar surface area (TPSA) is 24.5 Å². The number of nitrogens with zero attached hydrogens (tertiary/aromatic N) is 1. The van der Waals surface area contributed by atoms with E-state index in [4.69, 9.17) is 4.74 Å². The van der Waals surface area contributed by atoms with E-state index in [1.54, 1.807) is 0 Å². The third kappa shape index (κ3) is 4.04. The standard InChI is InChI=1S/C13H28N2O/c1-5-11(3)15(6-2)10-13-8-7-12(16-13)9-14-4/h11-14H,5-10H2,1-4H3. The van der Waals surface area contributed by atoms with E-state index in [1.165, 1.54) is 19.3 Å². The molecular formula is C13H28N2O. The summed E-state index contributed by atoms with van der Waals surface area (Å²) in [6.07, 6.45) is 4.54. The zero-order valence-electron chi connectivity index (χ0n) is 11.3. The van der Waals surface area contributed by atoms with E-state index in [9.17, 15) is 0 Å². The summed E-state index contributed by atoms with van der Waals surface area (Å²) in [6.45, 7) is 10.0. The fraction of sp³-hybridized carbons (Fsp3) is 1.00. The van der Waals surface area contributed by atoms with Crippen LogP contribution in [0.1, 0.15) is 40.0 Å². The zero-order chi connectivity index (χ0) is 12.0. The van der Waals surface area contributed by atoms with E-state index in [0.717, 1.165) is 19.6 Å². The molecule has 1 heterocycles. The van der Waals surface area contributed by atoms with Gasteiger partial charge < -0.3 is 10.1 Å². The maximum absolute atomic E-state index is 6.02. The molecule has 3 atom stereocenters. The molecule has 96 valence electrons. The number of hydrogen-bond acceptors (Lipinski definition) is 3. The van der Waals surface area contributed by atoms with Crippen molar-refractivity contribution in [3.05, 3.63) is 0 Å². The first-order valence-electron chi connectivity index (χ1n) is 6.75. The van der Waals surface area contributed by atoms with Gasteiger partial charge in [-0.3, -0.25) is 4.90 Å². The van der Waals surface area contributed by atoms with Crippen LogP contribution < -0.4 is 5.32 Å². The molecule has 0 amide bonds. The van der Waals surface area contributed by atoms with Crippen LogP contribution in [0.4, 0.5) is 0 Å². The average molecular weight is 228 g/mol. The highest BCUT2D eigenvalue weighted by Gasteiger charge is 2.26. The van der Waals surface area contributed by atoms with Crippen molar-refractivity contribution in [1.82, 2.24) is 10.2 Å². The fourth-order valence-electron chi connectivity index (χ4n) is 2.43. The van der Waals surface area contributed by atoms with Gasteiger partial charge in [-0.05, 0) is 39.8 Å². The highest BCUT2D eigenvalue weighted by molar-refractivity contribution is 4.78. The average Bonchev–Trinajstić information content (AvgIpc) is 2.73. The molecule has 0 bridgehead atoms. The van der Waals surface area contributed by atoms with Crippen molar-refractivity contribution in [2.75, 3.05) is 26.7 Å². The van der Waals surface area contributed by atoms with Crippen LogP contribution in [-0.2, 0) is 4.74 Å². The van der Waals surface area contributed by atoms with E-state index >= 15 is 0 Å². The summed E-state index contributed by atoms with van der Waals surface area (Å²) in [6, 6.07) is 0.678. The molecule has 0 aromatic heterocycles. The smallest absolute Gasteiger partial charge is 0.0707 e. The second-order valence-electron chi connectivity index (χ2n) is 4.86. The van der Waals surface area contributed by atoms with Crippen LogP contribution in [0.5, 0.6) is 0 Å². The molecule has 0 aromatic carbocycles. The number of likely N-dealkylation sites (N-methyl/N-ethyl adjacent to an activating group) is 2. The van der Waals surface area contributed by atoms with Crippen LogP contribution in [-0.4, -0.2) is 49.8 Å². The van der Waals surface area contributed by atoms with Gasteiger partial charge in [-0.25, -0.2) is 0 Å². The van der Waals surface area contributed by atoms with Gasteiger partial charge in [0.2, 0.25) is 0 Å². The van der Waals surface area contributed by atoms with Gasteiger partial charge in [0.1, 0.15) is 0 Å². The molecule has 0 aliphatic carbocycles. The van der Waals surface area contributed by atoms with Crippen molar-refractivity contribution in [3.8, 4) is 0 Å². The molecule has 0 saturated carbocycles. The number of ether oxygens (including phenoxy) is 1. The molecule has 1 aliphatic heterocycles. The third-order valence-corrected chi connectivity index (χ3v) is 3.69. The maximum Gasteiger partial charge on any atom is 0.0707 e.